The number of alkyl halides is 6. The number of benzene rings is 2. The minimum atomic E-state index is -5.98. The van der Waals surface area contributed by atoms with Gasteiger partial charge >= 0.3 is 12.4 Å². The molecule has 1 unspecified atom stereocenters. The van der Waals surface area contributed by atoms with Crippen LogP contribution in [0.5, 0.6) is 0 Å². The molecular formula is C18H14BrF6NO2. The van der Waals surface area contributed by atoms with Crippen LogP contribution in [0.25, 0.3) is 0 Å². The van der Waals surface area contributed by atoms with Gasteiger partial charge in [-0.25, -0.2) is 0 Å². The van der Waals surface area contributed by atoms with Crippen LogP contribution in [-0.2, 0) is 5.60 Å². The largest absolute Gasteiger partial charge is 0.430 e. The molecule has 0 bridgehead atoms. The molecule has 2 rings (SSSR count). The van der Waals surface area contributed by atoms with E-state index in [0.29, 0.717) is 12.1 Å². The number of hydrogen-bond acceptors (Lipinski definition) is 2. The third-order valence-corrected chi connectivity index (χ3v) is 4.63. The molecule has 3 nitrogen and oxygen atoms in total. The lowest BCUT2D eigenvalue weighted by atomic mass is 9.91. The first-order valence-corrected chi connectivity index (χ1v) is 8.59. The third kappa shape index (κ3) is 4.33. The molecule has 0 aliphatic rings. The normalized spacial score (nSPS) is 13.9. The Bertz CT molecular complexity index is 817. The first-order chi connectivity index (χ1) is 12.8. The Kier molecular flexibility index (Phi) is 6.15. The molecule has 0 aliphatic heterocycles. The van der Waals surface area contributed by atoms with Gasteiger partial charge in [-0.3, -0.25) is 4.79 Å². The molecule has 2 aromatic carbocycles. The summed E-state index contributed by atoms with van der Waals surface area (Å²) in [5.74, 6) is -0.690. The Morgan fingerprint density at radius 2 is 1.39 bits per heavy atom. The van der Waals surface area contributed by atoms with E-state index in [0.717, 1.165) is 22.2 Å². The summed E-state index contributed by atoms with van der Waals surface area (Å²) in [6.45, 7) is 1.67. The van der Waals surface area contributed by atoms with Gasteiger partial charge in [0.2, 0.25) is 0 Å². The maximum atomic E-state index is 12.9. The third-order valence-electron chi connectivity index (χ3n) is 4.10. The number of nitrogens with one attached hydrogen (secondary N) is 1. The predicted octanol–water partition coefficient (Wildman–Crippen LogP) is 5.25. The van der Waals surface area contributed by atoms with Gasteiger partial charge in [-0.2, -0.15) is 26.3 Å². The number of hydrogen-bond donors (Lipinski definition) is 2. The van der Waals surface area contributed by atoms with Gasteiger partial charge in [0, 0.05) is 15.6 Å². The minimum Gasteiger partial charge on any atom is -0.369 e. The molecule has 2 aromatic rings. The highest BCUT2D eigenvalue weighted by atomic mass is 79.9. The average Bonchev–Trinajstić information content (AvgIpc) is 2.59. The molecule has 0 heterocycles. The first kappa shape index (κ1) is 22.2. The van der Waals surface area contributed by atoms with Crippen LogP contribution >= 0.6 is 15.9 Å². The van der Waals surface area contributed by atoms with Crippen molar-refractivity contribution in [1.82, 2.24) is 5.32 Å². The summed E-state index contributed by atoms with van der Waals surface area (Å²) in [5.41, 5.74) is -5.86. The van der Waals surface area contributed by atoms with E-state index in [9.17, 15) is 36.2 Å². The topological polar surface area (TPSA) is 49.3 Å². The van der Waals surface area contributed by atoms with Crippen molar-refractivity contribution in [2.24, 2.45) is 0 Å². The van der Waals surface area contributed by atoms with Crippen LogP contribution in [0.15, 0.2) is 53.0 Å². The zero-order valence-corrected chi connectivity index (χ0v) is 15.8. The average molecular weight is 470 g/mol. The summed E-state index contributed by atoms with van der Waals surface area (Å²) in [5, 5.41) is 11.9. The van der Waals surface area contributed by atoms with Crippen LogP contribution in [-0.4, -0.2) is 23.4 Å². The number of amides is 1. The van der Waals surface area contributed by atoms with Gasteiger partial charge in [0.05, 0.1) is 6.04 Å². The number of carbonyl (C=O) groups is 1. The Morgan fingerprint density at radius 1 is 0.929 bits per heavy atom. The van der Waals surface area contributed by atoms with Crippen molar-refractivity contribution < 1.29 is 36.2 Å². The van der Waals surface area contributed by atoms with E-state index < -0.39 is 35.5 Å². The first-order valence-electron chi connectivity index (χ1n) is 7.80. The molecule has 0 radical (unpaired) electrons. The molecule has 0 saturated heterocycles. The second-order valence-corrected chi connectivity index (χ2v) is 6.95. The molecular weight excluding hydrogens is 456 g/mol. The van der Waals surface area contributed by atoms with Crippen LogP contribution in [0, 0.1) is 0 Å². The van der Waals surface area contributed by atoms with Gasteiger partial charge in [-0.05, 0) is 36.8 Å². The lowest BCUT2D eigenvalue weighted by molar-refractivity contribution is -0.376. The van der Waals surface area contributed by atoms with E-state index in [2.05, 4.69) is 21.2 Å². The van der Waals surface area contributed by atoms with Crippen LogP contribution in [0.2, 0.25) is 0 Å². The smallest absolute Gasteiger partial charge is 0.369 e. The molecule has 1 amide bonds. The highest BCUT2D eigenvalue weighted by molar-refractivity contribution is 9.10. The fraction of sp³-hybridized carbons (Fsp3) is 0.278. The van der Waals surface area contributed by atoms with Gasteiger partial charge in [0.25, 0.3) is 11.5 Å². The lowest BCUT2D eigenvalue weighted by Gasteiger charge is -2.32. The van der Waals surface area contributed by atoms with Crippen molar-refractivity contribution in [1.29, 1.82) is 0 Å². The fourth-order valence-electron chi connectivity index (χ4n) is 2.47. The van der Waals surface area contributed by atoms with Gasteiger partial charge in [-0.15, -0.1) is 0 Å². The van der Waals surface area contributed by atoms with E-state index >= 15 is 0 Å². The highest BCUT2D eigenvalue weighted by Crippen LogP contribution is 2.49. The monoisotopic (exact) mass is 469 g/mol. The zero-order valence-electron chi connectivity index (χ0n) is 14.2. The molecule has 28 heavy (non-hydrogen) atoms. The standard InChI is InChI=1S/C18H14BrF6NO2/c1-10(11-4-8-14(19)9-5-11)26-15(27)12-2-6-13(7-3-12)16(28,17(20,21)22)18(23,24)25/h2-10,28H,1H3,(H,26,27). The van der Waals surface area contributed by atoms with Crippen LogP contribution in [0.4, 0.5) is 26.3 Å². The summed E-state index contributed by atoms with van der Waals surface area (Å²) in [6.07, 6.45) is -12.0. The van der Waals surface area contributed by atoms with Crippen molar-refractivity contribution >= 4 is 21.8 Å². The number of carbonyl (C=O) groups excluding carboxylic acids is 1. The molecule has 0 aromatic heterocycles. The van der Waals surface area contributed by atoms with Gasteiger partial charge in [0.1, 0.15) is 0 Å². The molecule has 0 saturated carbocycles. The van der Waals surface area contributed by atoms with Crippen molar-refractivity contribution in [2.75, 3.05) is 0 Å². The highest BCUT2D eigenvalue weighted by Gasteiger charge is 2.71. The molecule has 0 spiro atoms. The molecule has 2 N–H and O–H groups in total. The van der Waals surface area contributed by atoms with E-state index in [1.54, 1.807) is 31.2 Å². The second kappa shape index (κ2) is 7.75. The van der Waals surface area contributed by atoms with Crippen molar-refractivity contribution in [3.05, 3.63) is 69.7 Å². The Morgan fingerprint density at radius 3 is 1.82 bits per heavy atom. The Labute approximate surface area is 164 Å². The second-order valence-electron chi connectivity index (χ2n) is 6.03. The number of rotatable bonds is 4. The van der Waals surface area contributed by atoms with Crippen LogP contribution < -0.4 is 5.32 Å². The molecule has 152 valence electrons. The molecule has 1 atom stereocenters. The predicted molar refractivity (Wildman–Crippen MR) is 92.5 cm³/mol. The van der Waals surface area contributed by atoms with Crippen molar-refractivity contribution in [3.63, 3.8) is 0 Å². The number of halogens is 7. The lowest BCUT2D eigenvalue weighted by Crippen LogP contribution is -2.53. The minimum absolute atomic E-state index is 0.153. The maximum absolute atomic E-state index is 12.9. The van der Waals surface area contributed by atoms with E-state index in [1.807, 2.05) is 0 Å². The van der Waals surface area contributed by atoms with E-state index in [1.165, 1.54) is 0 Å². The van der Waals surface area contributed by atoms with E-state index in [-0.39, 0.29) is 5.56 Å². The van der Waals surface area contributed by atoms with Crippen molar-refractivity contribution in [2.45, 2.75) is 30.9 Å². The molecule has 0 aliphatic carbocycles. The SMILES string of the molecule is CC(NC(=O)c1ccc(C(O)(C(F)(F)F)C(F)(F)F)cc1)c1ccc(Br)cc1. The summed E-state index contributed by atoms with van der Waals surface area (Å²) < 4.78 is 78.1. The number of aliphatic hydroxyl groups is 1. The van der Waals surface area contributed by atoms with Crippen molar-refractivity contribution in [3.8, 4) is 0 Å². The van der Waals surface area contributed by atoms with Crippen LogP contribution in [0.1, 0.15) is 34.5 Å². The quantitative estimate of drug-likeness (QED) is 0.600. The molecule has 0 fully saturated rings. The zero-order chi connectivity index (χ0) is 21.3. The molecule has 10 heteroatoms. The van der Waals surface area contributed by atoms with E-state index in [4.69, 9.17) is 0 Å². The summed E-state index contributed by atoms with van der Waals surface area (Å²) in [4.78, 5) is 12.2. The summed E-state index contributed by atoms with van der Waals surface area (Å²) in [6, 6.07) is 8.98. The van der Waals surface area contributed by atoms with Crippen LogP contribution in [0.3, 0.4) is 0 Å². The summed E-state index contributed by atoms with van der Waals surface area (Å²) in [7, 11) is 0. The summed E-state index contributed by atoms with van der Waals surface area (Å²) >= 11 is 3.26. The van der Waals surface area contributed by atoms with Gasteiger partial charge < -0.3 is 10.4 Å². The van der Waals surface area contributed by atoms with Gasteiger partial charge in [-0.1, -0.05) is 40.2 Å². The Balaban J connectivity index is 2.23. The fourth-order valence-corrected chi connectivity index (χ4v) is 2.73. The van der Waals surface area contributed by atoms with Gasteiger partial charge in [0.15, 0.2) is 0 Å². The Hall–Kier alpha value is -2.07. The maximum Gasteiger partial charge on any atom is 0.430 e.